The Morgan fingerprint density at radius 2 is 1.74 bits per heavy atom. The first-order valence-corrected chi connectivity index (χ1v) is 6.35. The molecule has 1 heterocycles. The number of benzene rings is 2. The SMILES string of the molecule is Cc1cc(N)c(Nc2c[nH]c3ccccc23)cc1C. The Kier molecular flexibility index (Phi) is 2.67. The maximum absolute atomic E-state index is 6.08. The monoisotopic (exact) mass is 251 g/mol. The largest absolute Gasteiger partial charge is 0.397 e. The summed E-state index contributed by atoms with van der Waals surface area (Å²) in [6, 6.07) is 12.3. The van der Waals surface area contributed by atoms with Crippen LogP contribution in [0, 0.1) is 13.8 Å². The lowest BCUT2D eigenvalue weighted by atomic mass is 10.1. The molecule has 19 heavy (non-hydrogen) atoms. The maximum atomic E-state index is 6.08. The predicted octanol–water partition coefficient (Wildman–Crippen LogP) is 4.11. The average molecular weight is 251 g/mol. The Balaban J connectivity index is 2.04. The van der Waals surface area contributed by atoms with Crippen LogP contribution >= 0.6 is 0 Å². The van der Waals surface area contributed by atoms with Crippen LogP contribution in [0.4, 0.5) is 17.1 Å². The van der Waals surface area contributed by atoms with Crippen molar-refractivity contribution < 1.29 is 0 Å². The van der Waals surface area contributed by atoms with Crippen LogP contribution in [0.1, 0.15) is 11.1 Å². The second-order valence-corrected chi connectivity index (χ2v) is 4.90. The molecule has 0 atom stereocenters. The van der Waals surface area contributed by atoms with Crippen LogP contribution in [-0.2, 0) is 0 Å². The van der Waals surface area contributed by atoms with E-state index in [1.807, 2.05) is 24.4 Å². The van der Waals surface area contributed by atoms with Gasteiger partial charge in [0.05, 0.1) is 17.1 Å². The fraction of sp³-hybridized carbons (Fsp3) is 0.125. The number of anilines is 3. The summed E-state index contributed by atoms with van der Waals surface area (Å²) in [5.41, 5.74) is 12.4. The molecule has 3 heteroatoms. The van der Waals surface area contributed by atoms with Gasteiger partial charge in [-0.15, -0.1) is 0 Å². The Labute approximate surface area is 112 Å². The third-order valence-corrected chi connectivity index (χ3v) is 3.52. The quantitative estimate of drug-likeness (QED) is 0.600. The number of aryl methyl sites for hydroxylation is 2. The zero-order valence-electron chi connectivity index (χ0n) is 11.1. The number of aromatic amines is 1. The molecule has 0 saturated heterocycles. The molecule has 0 radical (unpaired) electrons. The molecular formula is C16H17N3. The zero-order valence-corrected chi connectivity index (χ0v) is 11.1. The van der Waals surface area contributed by atoms with Crippen LogP contribution in [-0.4, -0.2) is 4.98 Å². The van der Waals surface area contributed by atoms with E-state index in [2.05, 4.69) is 42.3 Å². The number of aromatic nitrogens is 1. The summed E-state index contributed by atoms with van der Waals surface area (Å²) in [5.74, 6) is 0. The van der Waals surface area contributed by atoms with Gasteiger partial charge in [-0.25, -0.2) is 0 Å². The summed E-state index contributed by atoms with van der Waals surface area (Å²) >= 11 is 0. The summed E-state index contributed by atoms with van der Waals surface area (Å²) in [7, 11) is 0. The number of para-hydroxylation sites is 1. The van der Waals surface area contributed by atoms with Gasteiger partial charge in [-0.05, 0) is 43.2 Å². The number of nitrogens with one attached hydrogen (secondary N) is 2. The second-order valence-electron chi connectivity index (χ2n) is 4.90. The first-order valence-electron chi connectivity index (χ1n) is 6.35. The van der Waals surface area contributed by atoms with Crippen LogP contribution in [0.3, 0.4) is 0 Å². The van der Waals surface area contributed by atoms with Crippen molar-refractivity contribution >= 4 is 28.0 Å². The van der Waals surface area contributed by atoms with Crippen LogP contribution in [0.15, 0.2) is 42.6 Å². The van der Waals surface area contributed by atoms with Gasteiger partial charge in [0.15, 0.2) is 0 Å². The molecule has 0 aliphatic carbocycles. The number of nitrogens with two attached hydrogens (primary N) is 1. The lowest BCUT2D eigenvalue weighted by Crippen LogP contribution is -1.97. The molecule has 1 aromatic heterocycles. The fourth-order valence-corrected chi connectivity index (χ4v) is 2.27. The first kappa shape index (κ1) is 11.7. The lowest BCUT2D eigenvalue weighted by Gasteiger charge is -2.11. The summed E-state index contributed by atoms with van der Waals surface area (Å²) in [4.78, 5) is 3.25. The van der Waals surface area contributed by atoms with E-state index in [1.54, 1.807) is 0 Å². The van der Waals surface area contributed by atoms with Crippen molar-refractivity contribution in [2.24, 2.45) is 0 Å². The van der Waals surface area contributed by atoms with Crippen LogP contribution in [0.2, 0.25) is 0 Å². The smallest absolute Gasteiger partial charge is 0.0642 e. The van der Waals surface area contributed by atoms with Crippen molar-refractivity contribution in [1.82, 2.24) is 4.98 Å². The zero-order chi connectivity index (χ0) is 13.4. The van der Waals surface area contributed by atoms with Crippen LogP contribution < -0.4 is 11.1 Å². The van der Waals surface area contributed by atoms with Gasteiger partial charge < -0.3 is 16.0 Å². The second kappa shape index (κ2) is 4.35. The first-order chi connectivity index (χ1) is 9.15. The molecule has 0 aliphatic heterocycles. The molecule has 0 unspecified atom stereocenters. The van der Waals surface area contributed by atoms with E-state index in [4.69, 9.17) is 5.73 Å². The molecule has 3 rings (SSSR count). The Morgan fingerprint density at radius 1 is 1.00 bits per heavy atom. The minimum Gasteiger partial charge on any atom is -0.397 e. The average Bonchev–Trinajstić information content (AvgIpc) is 2.80. The number of H-pyrrole nitrogens is 1. The van der Waals surface area contributed by atoms with Crippen LogP contribution in [0.5, 0.6) is 0 Å². The van der Waals surface area contributed by atoms with Gasteiger partial charge >= 0.3 is 0 Å². The van der Waals surface area contributed by atoms with Crippen molar-refractivity contribution in [3.8, 4) is 0 Å². The molecule has 0 bridgehead atoms. The molecular weight excluding hydrogens is 234 g/mol. The molecule has 0 fully saturated rings. The highest BCUT2D eigenvalue weighted by Gasteiger charge is 2.06. The molecule has 0 aliphatic rings. The maximum Gasteiger partial charge on any atom is 0.0642 e. The standard InChI is InChI=1S/C16H17N3/c1-10-7-13(17)15(8-11(10)2)19-16-9-18-14-6-4-3-5-12(14)16/h3-9,18-19H,17H2,1-2H3. The number of nitrogen functional groups attached to an aromatic ring is 1. The third kappa shape index (κ3) is 2.03. The van der Waals surface area contributed by atoms with Crippen molar-refractivity contribution in [2.45, 2.75) is 13.8 Å². The summed E-state index contributed by atoms with van der Waals surface area (Å²) in [6.07, 6.45) is 1.97. The summed E-state index contributed by atoms with van der Waals surface area (Å²) in [5, 5.41) is 4.57. The number of fused-ring (bicyclic) bond motifs is 1. The van der Waals surface area contributed by atoms with Crippen LogP contribution in [0.25, 0.3) is 10.9 Å². The van der Waals surface area contributed by atoms with Gasteiger partial charge in [0.25, 0.3) is 0 Å². The van der Waals surface area contributed by atoms with Gasteiger partial charge in [-0.1, -0.05) is 18.2 Å². The van der Waals surface area contributed by atoms with E-state index >= 15 is 0 Å². The molecule has 0 spiro atoms. The van der Waals surface area contributed by atoms with E-state index in [9.17, 15) is 0 Å². The molecule has 2 aromatic carbocycles. The normalized spacial score (nSPS) is 10.8. The molecule has 0 saturated carbocycles. The van der Waals surface area contributed by atoms with Gasteiger partial charge in [0.1, 0.15) is 0 Å². The highest BCUT2D eigenvalue weighted by Crippen LogP contribution is 2.30. The highest BCUT2D eigenvalue weighted by atomic mass is 14.9. The predicted molar refractivity (Wildman–Crippen MR) is 81.9 cm³/mol. The topological polar surface area (TPSA) is 53.8 Å². The van der Waals surface area contributed by atoms with E-state index < -0.39 is 0 Å². The Bertz CT molecular complexity index is 741. The molecule has 4 N–H and O–H groups in total. The Hall–Kier alpha value is -2.42. The Morgan fingerprint density at radius 3 is 2.58 bits per heavy atom. The number of rotatable bonds is 2. The molecule has 0 amide bonds. The van der Waals surface area contributed by atoms with Crippen molar-refractivity contribution in [1.29, 1.82) is 0 Å². The van der Waals surface area contributed by atoms with Crippen molar-refractivity contribution in [3.05, 3.63) is 53.7 Å². The highest BCUT2D eigenvalue weighted by molar-refractivity contribution is 5.95. The van der Waals surface area contributed by atoms with Gasteiger partial charge in [0, 0.05) is 17.1 Å². The van der Waals surface area contributed by atoms with Crippen molar-refractivity contribution in [2.75, 3.05) is 11.1 Å². The number of hydrogen-bond acceptors (Lipinski definition) is 2. The van der Waals surface area contributed by atoms with Gasteiger partial charge in [0.2, 0.25) is 0 Å². The lowest BCUT2D eigenvalue weighted by molar-refractivity contribution is 1.34. The van der Waals surface area contributed by atoms with E-state index in [1.165, 1.54) is 16.5 Å². The summed E-state index contributed by atoms with van der Waals surface area (Å²) in [6.45, 7) is 4.16. The van der Waals surface area contributed by atoms with E-state index in [0.717, 1.165) is 22.6 Å². The molecule has 3 aromatic rings. The fourth-order valence-electron chi connectivity index (χ4n) is 2.27. The minimum absolute atomic E-state index is 0.772. The van der Waals surface area contributed by atoms with Crippen molar-refractivity contribution in [3.63, 3.8) is 0 Å². The van der Waals surface area contributed by atoms with E-state index in [-0.39, 0.29) is 0 Å². The molecule has 96 valence electrons. The van der Waals surface area contributed by atoms with Gasteiger partial charge in [-0.2, -0.15) is 0 Å². The summed E-state index contributed by atoms with van der Waals surface area (Å²) < 4.78 is 0. The number of hydrogen-bond donors (Lipinski definition) is 3. The third-order valence-electron chi connectivity index (χ3n) is 3.52. The van der Waals surface area contributed by atoms with Gasteiger partial charge in [-0.3, -0.25) is 0 Å². The molecule has 3 nitrogen and oxygen atoms in total. The minimum atomic E-state index is 0.772. The van der Waals surface area contributed by atoms with E-state index in [0.29, 0.717) is 0 Å².